The van der Waals surface area contributed by atoms with Crippen LogP contribution in [0.25, 0.3) is 38.9 Å². The van der Waals surface area contributed by atoms with Crippen LogP contribution in [-0.4, -0.2) is 90.0 Å². The number of rotatable bonds is 6. The highest BCUT2D eigenvalue weighted by atomic mass is 35.5. The van der Waals surface area contributed by atoms with Gasteiger partial charge in [0.15, 0.2) is 5.65 Å². The van der Waals surface area contributed by atoms with Crippen LogP contribution in [-0.2, 0) is 18.3 Å². The lowest BCUT2D eigenvalue weighted by molar-refractivity contribution is -0.132. The molecule has 0 saturated carbocycles. The van der Waals surface area contributed by atoms with E-state index in [9.17, 15) is 9.18 Å². The van der Waals surface area contributed by atoms with Gasteiger partial charge in [-0.25, -0.2) is 24.0 Å². The number of benzene rings is 2. The normalized spacial score (nSPS) is 18.0. The van der Waals surface area contributed by atoms with Crippen LogP contribution in [0.4, 0.5) is 16.0 Å². The number of pyridine rings is 1. The summed E-state index contributed by atoms with van der Waals surface area (Å²) in [4.78, 5) is 33.0. The van der Waals surface area contributed by atoms with E-state index in [1.165, 1.54) is 25.6 Å². The molecule has 0 unspecified atom stereocenters. The van der Waals surface area contributed by atoms with Gasteiger partial charge in [0, 0.05) is 61.3 Å². The third-order valence-electron chi connectivity index (χ3n) is 9.64. The Balaban J connectivity index is 1.21. The number of anilines is 2. The standard InChI is InChI=1S/C36H36ClFN10O2/c1-45-29-10-5-15-46(16-6-14-37)36(49)30-18-23(42-32-11-4-8-26(43-32)24-7-3-9-27(44-45)33(24)29)20-47(30)34-25-19-41-48(35(25)40-21-39-34)28-13-12-22(38)17-31(28)50-2/h3-4,7-9,11-13,17,19,21,23,30H,5-6,10,14-16,18,20H2,1-2H3,(H,42,43)/t23-,30-/m0/s1. The summed E-state index contributed by atoms with van der Waals surface area (Å²) in [5, 5.41) is 14.8. The van der Waals surface area contributed by atoms with Gasteiger partial charge in [0.05, 0.1) is 29.9 Å². The number of carbonyl (C=O) groups excluding carboxylic acids is 1. The highest BCUT2D eigenvalue weighted by Crippen LogP contribution is 2.35. The molecule has 14 heteroatoms. The molecule has 1 saturated heterocycles. The van der Waals surface area contributed by atoms with Gasteiger partial charge in [-0.1, -0.05) is 18.2 Å². The lowest BCUT2D eigenvalue weighted by Crippen LogP contribution is -2.47. The number of aromatic nitrogens is 7. The molecule has 50 heavy (non-hydrogen) atoms. The van der Waals surface area contributed by atoms with Crippen molar-refractivity contribution in [1.29, 1.82) is 0 Å². The van der Waals surface area contributed by atoms with Crippen LogP contribution in [0.15, 0.2) is 67.1 Å². The van der Waals surface area contributed by atoms with E-state index in [1.54, 1.807) is 16.9 Å². The topological polar surface area (TPSA) is 119 Å². The summed E-state index contributed by atoms with van der Waals surface area (Å²) in [5.41, 5.74) is 4.97. The van der Waals surface area contributed by atoms with Gasteiger partial charge < -0.3 is 19.9 Å². The van der Waals surface area contributed by atoms with Gasteiger partial charge in [0.1, 0.15) is 41.3 Å². The third-order valence-corrected chi connectivity index (χ3v) is 9.91. The van der Waals surface area contributed by atoms with E-state index in [0.717, 1.165) is 46.5 Å². The molecule has 1 N–H and O–H groups in total. The minimum atomic E-state index is -0.515. The number of aryl methyl sites for hydroxylation is 2. The number of amides is 1. The highest BCUT2D eigenvalue weighted by Gasteiger charge is 2.41. The zero-order valence-corrected chi connectivity index (χ0v) is 28.5. The molecular formula is C36H36ClFN10O2. The van der Waals surface area contributed by atoms with E-state index in [0.29, 0.717) is 66.6 Å². The van der Waals surface area contributed by atoms with Gasteiger partial charge in [-0.3, -0.25) is 9.48 Å². The molecule has 1 amide bonds. The maximum absolute atomic E-state index is 14.7. The van der Waals surface area contributed by atoms with Crippen molar-refractivity contribution >= 4 is 51.1 Å². The zero-order chi connectivity index (χ0) is 34.4. The first-order chi connectivity index (χ1) is 24.4. The summed E-state index contributed by atoms with van der Waals surface area (Å²) in [6.07, 6.45) is 5.87. The van der Waals surface area contributed by atoms with E-state index in [1.807, 2.05) is 47.0 Å². The predicted octanol–water partition coefficient (Wildman–Crippen LogP) is 5.38. The van der Waals surface area contributed by atoms with Crippen molar-refractivity contribution in [2.75, 3.05) is 42.8 Å². The second-order valence-corrected chi connectivity index (χ2v) is 13.1. The molecule has 2 atom stereocenters. The highest BCUT2D eigenvalue weighted by molar-refractivity contribution is 6.17. The molecule has 2 aromatic carbocycles. The fraction of sp³-hybridized carbons (Fsp3) is 0.333. The Labute approximate surface area is 292 Å². The second-order valence-electron chi connectivity index (χ2n) is 12.7. The van der Waals surface area contributed by atoms with Gasteiger partial charge >= 0.3 is 0 Å². The van der Waals surface area contributed by atoms with Crippen LogP contribution in [0, 0.1) is 5.82 Å². The minimum Gasteiger partial charge on any atom is -0.494 e. The van der Waals surface area contributed by atoms with Crippen molar-refractivity contribution in [2.24, 2.45) is 7.05 Å². The summed E-state index contributed by atoms with van der Waals surface area (Å²) in [6.45, 7) is 1.61. The largest absolute Gasteiger partial charge is 0.494 e. The van der Waals surface area contributed by atoms with Crippen molar-refractivity contribution in [3.05, 3.63) is 78.6 Å². The number of nitrogens with zero attached hydrogens (tertiary/aromatic N) is 9. The molecule has 2 aliphatic rings. The lowest BCUT2D eigenvalue weighted by Gasteiger charge is -2.31. The van der Waals surface area contributed by atoms with Crippen LogP contribution in [0.2, 0.25) is 0 Å². The van der Waals surface area contributed by atoms with Crippen LogP contribution < -0.4 is 15.0 Å². The molecule has 0 radical (unpaired) electrons. The molecular weight excluding hydrogens is 659 g/mol. The number of methoxy groups -OCH3 is 1. The number of nitrogens with one attached hydrogen (secondary N) is 1. The van der Waals surface area contributed by atoms with Crippen LogP contribution in [0.3, 0.4) is 0 Å². The smallest absolute Gasteiger partial charge is 0.245 e. The van der Waals surface area contributed by atoms with Crippen molar-refractivity contribution in [3.63, 3.8) is 0 Å². The second kappa shape index (κ2) is 13.2. The Morgan fingerprint density at radius 2 is 2.00 bits per heavy atom. The lowest BCUT2D eigenvalue weighted by atomic mass is 10.0. The van der Waals surface area contributed by atoms with Gasteiger partial charge in [0.2, 0.25) is 5.91 Å². The minimum absolute atomic E-state index is 0.0194. The fourth-order valence-corrected chi connectivity index (χ4v) is 7.51. The number of fused-ring (bicyclic) bond motifs is 6. The molecule has 6 heterocycles. The number of hydrogen-bond donors (Lipinski definition) is 1. The number of alkyl halides is 1. The molecule has 6 aromatic rings. The summed E-state index contributed by atoms with van der Waals surface area (Å²) in [5.74, 6) is 1.69. The van der Waals surface area contributed by atoms with E-state index in [2.05, 4.69) is 26.4 Å². The van der Waals surface area contributed by atoms with Gasteiger partial charge in [0.25, 0.3) is 0 Å². The van der Waals surface area contributed by atoms with Crippen molar-refractivity contribution in [2.45, 2.75) is 37.8 Å². The summed E-state index contributed by atoms with van der Waals surface area (Å²) < 4.78 is 23.1. The van der Waals surface area contributed by atoms with Crippen molar-refractivity contribution in [1.82, 2.24) is 39.4 Å². The molecule has 256 valence electrons. The van der Waals surface area contributed by atoms with Gasteiger partial charge in [-0.15, -0.1) is 11.6 Å². The first-order valence-corrected chi connectivity index (χ1v) is 17.3. The first kappa shape index (κ1) is 31.9. The molecule has 1 fully saturated rings. The Morgan fingerprint density at radius 1 is 1.12 bits per heavy atom. The Kier molecular flexibility index (Phi) is 8.43. The van der Waals surface area contributed by atoms with Crippen LogP contribution >= 0.6 is 11.6 Å². The van der Waals surface area contributed by atoms with Gasteiger partial charge in [-0.05, 0) is 56.0 Å². The van der Waals surface area contributed by atoms with Gasteiger partial charge in [-0.2, -0.15) is 10.2 Å². The van der Waals surface area contributed by atoms with Crippen LogP contribution in [0.1, 0.15) is 25.0 Å². The number of ether oxygens (including phenoxy) is 1. The molecule has 2 aliphatic heterocycles. The maximum atomic E-state index is 14.7. The predicted molar refractivity (Wildman–Crippen MR) is 191 cm³/mol. The number of hydrogen-bond acceptors (Lipinski definition) is 9. The summed E-state index contributed by atoms with van der Waals surface area (Å²) in [6, 6.07) is 15.8. The van der Waals surface area contributed by atoms with E-state index >= 15 is 0 Å². The molecule has 0 spiro atoms. The zero-order valence-electron chi connectivity index (χ0n) is 27.8. The fourth-order valence-electron chi connectivity index (χ4n) is 7.39. The number of carbonyl (C=O) groups is 1. The summed E-state index contributed by atoms with van der Waals surface area (Å²) >= 11 is 6.17. The SMILES string of the molecule is COc1cc(F)ccc1-n1ncc2c(N3C[C@@H]4C[C@H]3C(=O)N(CCCCl)CCCc3c5c(cccc5nn3C)-c3cccc(n3)N4)ncnc21. The Morgan fingerprint density at radius 3 is 2.86 bits per heavy atom. The quantitative estimate of drug-likeness (QED) is 0.230. The van der Waals surface area contributed by atoms with E-state index in [4.69, 9.17) is 31.4 Å². The molecule has 0 aliphatic carbocycles. The van der Waals surface area contributed by atoms with E-state index in [-0.39, 0.29) is 11.9 Å². The summed E-state index contributed by atoms with van der Waals surface area (Å²) in [7, 11) is 3.46. The van der Waals surface area contributed by atoms with Crippen LogP contribution in [0.5, 0.6) is 5.75 Å². The van der Waals surface area contributed by atoms with Crippen molar-refractivity contribution < 1.29 is 13.9 Å². The Bertz CT molecular complexity index is 2220. The first-order valence-electron chi connectivity index (χ1n) is 16.8. The molecule has 12 nitrogen and oxygen atoms in total. The average Bonchev–Trinajstić information content (AvgIpc) is 3.84. The third kappa shape index (κ3) is 5.64. The van der Waals surface area contributed by atoms with E-state index < -0.39 is 11.9 Å². The monoisotopic (exact) mass is 694 g/mol. The Hall–Kier alpha value is -5.30. The maximum Gasteiger partial charge on any atom is 0.245 e. The molecule has 4 aromatic heterocycles. The number of halogens is 2. The average molecular weight is 695 g/mol. The molecule has 4 bridgehead atoms. The van der Waals surface area contributed by atoms with Crippen molar-refractivity contribution in [3.8, 4) is 22.7 Å². The molecule has 8 rings (SSSR count).